The maximum absolute atomic E-state index is 11.2. The SMILES string of the molecule is C=CC/C(=N\NC1=Nc2ccc(Cl)cc2C(c2ccccc2Cl)=NC1)C(=O)O. The van der Waals surface area contributed by atoms with E-state index < -0.39 is 5.97 Å². The Hall–Kier alpha value is -2.96. The minimum absolute atomic E-state index is 0.0754. The molecule has 2 aromatic carbocycles. The van der Waals surface area contributed by atoms with Gasteiger partial charge in [0, 0.05) is 27.6 Å². The summed E-state index contributed by atoms with van der Waals surface area (Å²) in [6.45, 7) is 3.70. The van der Waals surface area contributed by atoms with Crippen LogP contribution in [0.15, 0.2) is 70.2 Å². The van der Waals surface area contributed by atoms with Crippen LogP contribution >= 0.6 is 23.2 Å². The standard InChI is InChI=1S/C20H16Cl2N4O2/c1-2-5-17(20(27)28)25-26-18-11-23-19(13-6-3-4-7-15(13)22)14-10-12(21)8-9-16(14)24-18/h2-4,6-10H,1,5,11H2,(H,24,26)(H,27,28)/b25-17+. The Morgan fingerprint density at radius 2 is 2.04 bits per heavy atom. The maximum Gasteiger partial charge on any atom is 0.352 e. The number of hydrogen-bond donors (Lipinski definition) is 2. The number of halogens is 2. The lowest BCUT2D eigenvalue weighted by atomic mass is 10.0. The summed E-state index contributed by atoms with van der Waals surface area (Å²) in [5, 5.41) is 14.2. The average molecular weight is 415 g/mol. The summed E-state index contributed by atoms with van der Waals surface area (Å²) in [5.74, 6) is -0.734. The van der Waals surface area contributed by atoms with Gasteiger partial charge >= 0.3 is 5.97 Å². The number of carboxylic acid groups (broad SMARTS) is 1. The number of nitrogens with one attached hydrogen (secondary N) is 1. The molecule has 0 atom stereocenters. The van der Waals surface area contributed by atoms with E-state index >= 15 is 0 Å². The van der Waals surface area contributed by atoms with Gasteiger partial charge in [-0.25, -0.2) is 9.79 Å². The third kappa shape index (κ3) is 4.47. The fourth-order valence-corrected chi connectivity index (χ4v) is 3.01. The van der Waals surface area contributed by atoms with Gasteiger partial charge in [0.15, 0.2) is 0 Å². The topological polar surface area (TPSA) is 86.4 Å². The number of carbonyl (C=O) groups is 1. The first-order chi connectivity index (χ1) is 13.5. The summed E-state index contributed by atoms with van der Waals surface area (Å²) in [6, 6.07) is 12.6. The molecule has 8 heteroatoms. The second kappa shape index (κ2) is 8.82. The van der Waals surface area contributed by atoms with Gasteiger partial charge in [-0.15, -0.1) is 6.58 Å². The molecule has 0 bridgehead atoms. The van der Waals surface area contributed by atoms with Crippen molar-refractivity contribution in [2.75, 3.05) is 6.54 Å². The van der Waals surface area contributed by atoms with Gasteiger partial charge in [-0.05, 0) is 24.3 Å². The molecule has 3 rings (SSSR count). The molecular formula is C20H16Cl2N4O2. The molecular weight excluding hydrogens is 399 g/mol. The van der Waals surface area contributed by atoms with Crippen LogP contribution in [0, 0.1) is 0 Å². The predicted octanol–water partition coefficient (Wildman–Crippen LogP) is 4.48. The van der Waals surface area contributed by atoms with E-state index in [1.807, 2.05) is 18.2 Å². The molecule has 0 unspecified atom stereocenters. The third-order valence-corrected chi connectivity index (χ3v) is 4.45. The quantitative estimate of drug-likeness (QED) is 0.429. The van der Waals surface area contributed by atoms with Crippen molar-refractivity contribution >= 4 is 52.1 Å². The molecule has 0 saturated heterocycles. The normalized spacial score (nSPS) is 13.7. The molecule has 0 saturated carbocycles. The van der Waals surface area contributed by atoms with Crippen molar-refractivity contribution in [2.45, 2.75) is 6.42 Å². The van der Waals surface area contributed by atoms with Gasteiger partial charge in [-0.1, -0.05) is 47.5 Å². The van der Waals surface area contributed by atoms with Crippen LogP contribution in [0.4, 0.5) is 5.69 Å². The monoisotopic (exact) mass is 414 g/mol. The van der Waals surface area contributed by atoms with E-state index in [9.17, 15) is 9.90 Å². The van der Waals surface area contributed by atoms with Crippen LogP contribution in [-0.2, 0) is 4.79 Å². The molecule has 28 heavy (non-hydrogen) atoms. The first-order valence-electron chi connectivity index (χ1n) is 8.33. The van der Waals surface area contributed by atoms with Crippen molar-refractivity contribution in [3.8, 4) is 0 Å². The Labute approximate surface area is 171 Å². The number of carboxylic acids is 1. The van der Waals surface area contributed by atoms with E-state index in [0.717, 1.165) is 11.1 Å². The Bertz CT molecular complexity index is 1030. The minimum atomic E-state index is -1.13. The maximum atomic E-state index is 11.2. The Kier molecular flexibility index (Phi) is 6.23. The zero-order chi connectivity index (χ0) is 20.1. The molecule has 2 aromatic rings. The zero-order valence-corrected chi connectivity index (χ0v) is 16.2. The smallest absolute Gasteiger partial charge is 0.352 e. The van der Waals surface area contributed by atoms with Crippen molar-refractivity contribution in [3.63, 3.8) is 0 Å². The van der Waals surface area contributed by atoms with Crippen molar-refractivity contribution in [2.24, 2.45) is 15.1 Å². The predicted molar refractivity (Wildman–Crippen MR) is 114 cm³/mol. The minimum Gasteiger partial charge on any atom is -0.477 e. The van der Waals surface area contributed by atoms with Crippen LogP contribution in [0.5, 0.6) is 0 Å². The Balaban J connectivity index is 2.03. The molecule has 0 spiro atoms. The molecule has 0 amide bonds. The molecule has 0 aromatic heterocycles. The van der Waals surface area contributed by atoms with Gasteiger partial charge in [0.25, 0.3) is 0 Å². The number of benzene rings is 2. The van der Waals surface area contributed by atoms with Gasteiger partial charge in [-0.3, -0.25) is 10.4 Å². The first kappa shape index (κ1) is 19.8. The van der Waals surface area contributed by atoms with E-state index in [2.05, 4.69) is 27.1 Å². The second-order valence-electron chi connectivity index (χ2n) is 5.83. The van der Waals surface area contributed by atoms with Crippen LogP contribution in [0.25, 0.3) is 0 Å². The van der Waals surface area contributed by atoms with Gasteiger partial charge in [0.1, 0.15) is 11.5 Å². The lowest BCUT2D eigenvalue weighted by Gasteiger charge is -2.10. The summed E-state index contributed by atoms with van der Waals surface area (Å²) in [7, 11) is 0. The number of aliphatic carboxylic acids is 1. The molecule has 6 nitrogen and oxygen atoms in total. The number of hydrazone groups is 1. The van der Waals surface area contributed by atoms with Crippen molar-refractivity contribution in [1.82, 2.24) is 5.43 Å². The fourth-order valence-electron chi connectivity index (χ4n) is 2.61. The molecule has 1 heterocycles. The summed E-state index contributed by atoms with van der Waals surface area (Å²) in [4.78, 5) is 20.4. The summed E-state index contributed by atoms with van der Waals surface area (Å²) < 4.78 is 0. The lowest BCUT2D eigenvalue weighted by molar-refractivity contribution is -0.129. The zero-order valence-electron chi connectivity index (χ0n) is 14.7. The molecule has 142 valence electrons. The van der Waals surface area contributed by atoms with Gasteiger partial charge in [0.2, 0.25) is 0 Å². The number of nitrogens with zero attached hydrogens (tertiary/aromatic N) is 3. The molecule has 1 aliphatic rings. The van der Waals surface area contributed by atoms with Gasteiger partial charge in [0.05, 0.1) is 17.9 Å². The van der Waals surface area contributed by atoms with Crippen molar-refractivity contribution in [3.05, 3.63) is 76.3 Å². The number of fused-ring (bicyclic) bond motifs is 1. The summed E-state index contributed by atoms with van der Waals surface area (Å²) in [6.07, 6.45) is 1.59. The highest BCUT2D eigenvalue weighted by Gasteiger charge is 2.19. The second-order valence-corrected chi connectivity index (χ2v) is 6.68. The van der Waals surface area contributed by atoms with E-state index in [1.54, 1.807) is 24.3 Å². The molecule has 1 aliphatic heterocycles. The Morgan fingerprint density at radius 1 is 1.25 bits per heavy atom. The van der Waals surface area contributed by atoms with E-state index in [4.69, 9.17) is 23.2 Å². The Morgan fingerprint density at radius 3 is 2.75 bits per heavy atom. The van der Waals surface area contributed by atoms with Crippen LogP contribution in [0.2, 0.25) is 10.0 Å². The van der Waals surface area contributed by atoms with Gasteiger partial charge in [-0.2, -0.15) is 5.10 Å². The molecule has 0 aliphatic carbocycles. The van der Waals surface area contributed by atoms with Crippen molar-refractivity contribution in [1.29, 1.82) is 0 Å². The molecule has 2 N–H and O–H groups in total. The highest BCUT2D eigenvalue weighted by molar-refractivity contribution is 6.37. The largest absolute Gasteiger partial charge is 0.477 e. The van der Waals surface area contributed by atoms with Gasteiger partial charge < -0.3 is 5.11 Å². The van der Waals surface area contributed by atoms with E-state index in [1.165, 1.54) is 6.08 Å². The third-order valence-electron chi connectivity index (χ3n) is 3.89. The average Bonchev–Trinajstić information content (AvgIpc) is 2.84. The number of hydrogen-bond acceptors (Lipinski definition) is 5. The van der Waals surface area contributed by atoms with E-state index in [0.29, 0.717) is 27.3 Å². The van der Waals surface area contributed by atoms with Crippen LogP contribution in [0.3, 0.4) is 0 Å². The van der Waals surface area contributed by atoms with Crippen molar-refractivity contribution < 1.29 is 9.90 Å². The lowest BCUT2D eigenvalue weighted by Crippen LogP contribution is -2.25. The number of aliphatic imine (C=N–C) groups is 2. The summed E-state index contributed by atoms with van der Waals surface area (Å²) >= 11 is 12.5. The van der Waals surface area contributed by atoms with Crippen LogP contribution < -0.4 is 5.43 Å². The first-order valence-corrected chi connectivity index (χ1v) is 9.08. The highest BCUT2D eigenvalue weighted by atomic mass is 35.5. The number of amidine groups is 1. The summed E-state index contributed by atoms with van der Waals surface area (Å²) in [5.41, 5.74) is 5.39. The highest BCUT2D eigenvalue weighted by Crippen LogP contribution is 2.30. The fraction of sp³-hybridized carbons (Fsp3) is 0.100. The number of allylic oxidation sites excluding steroid dienone is 1. The molecule has 0 fully saturated rings. The van der Waals surface area contributed by atoms with Crippen LogP contribution in [0.1, 0.15) is 17.5 Å². The van der Waals surface area contributed by atoms with Crippen LogP contribution in [-0.4, -0.2) is 34.9 Å². The van der Waals surface area contributed by atoms with E-state index in [-0.39, 0.29) is 18.7 Å². The molecule has 0 radical (unpaired) electrons. The number of rotatable bonds is 5.